The van der Waals surface area contributed by atoms with Crippen molar-refractivity contribution in [3.63, 3.8) is 0 Å². The first kappa shape index (κ1) is 17.0. The number of hydrogen-bond donors (Lipinski definition) is 1. The van der Waals surface area contributed by atoms with Gasteiger partial charge in [-0.25, -0.2) is 0 Å². The van der Waals surface area contributed by atoms with Crippen LogP contribution < -0.4 is 5.32 Å². The molecule has 122 valence electrons. The number of rotatable bonds is 9. The summed E-state index contributed by atoms with van der Waals surface area (Å²) in [5, 5.41) is 3.07. The number of carbonyl (C=O) groups excluding carboxylic acids is 1. The molecular weight excluding hydrogens is 274 g/mol. The molecule has 1 saturated carbocycles. The Balaban J connectivity index is 1.43. The molecule has 0 heterocycles. The lowest BCUT2D eigenvalue weighted by atomic mass is 9.89. The predicted molar refractivity (Wildman–Crippen MR) is 89.8 cm³/mol. The molecule has 1 amide bonds. The fourth-order valence-corrected chi connectivity index (χ4v) is 3.01. The Hall–Kier alpha value is -1.35. The Morgan fingerprint density at radius 1 is 1.09 bits per heavy atom. The predicted octanol–water partition coefficient (Wildman–Crippen LogP) is 3.72. The van der Waals surface area contributed by atoms with Crippen LogP contribution in [0, 0.1) is 5.92 Å². The van der Waals surface area contributed by atoms with Crippen LogP contribution in [0.2, 0.25) is 0 Å². The molecule has 1 fully saturated rings. The molecule has 3 nitrogen and oxygen atoms in total. The van der Waals surface area contributed by atoms with Gasteiger partial charge in [0.15, 0.2) is 0 Å². The van der Waals surface area contributed by atoms with E-state index >= 15 is 0 Å². The minimum Gasteiger partial charge on any atom is -0.381 e. The van der Waals surface area contributed by atoms with Crippen LogP contribution in [-0.4, -0.2) is 25.7 Å². The normalized spacial score (nSPS) is 15.6. The van der Waals surface area contributed by atoms with Crippen LogP contribution >= 0.6 is 0 Å². The highest BCUT2D eigenvalue weighted by Gasteiger charge is 2.13. The van der Waals surface area contributed by atoms with E-state index in [1.165, 1.54) is 37.7 Å². The molecule has 0 aromatic heterocycles. The molecule has 1 N–H and O–H groups in total. The van der Waals surface area contributed by atoms with Crippen molar-refractivity contribution in [2.24, 2.45) is 5.92 Å². The molecule has 1 aliphatic rings. The molecule has 1 aliphatic carbocycles. The zero-order valence-electron chi connectivity index (χ0n) is 13.6. The molecule has 0 saturated heterocycles. The van der Waals surface area contributed by atoms with Crippen molar-refractivity contribution < 1.29 is 9.53 Å². The largest absolute Gasteiger partial charge is 0.381 e. The molecule has 3 heteroatoms. The topological polar surface area (TPSA) is 38.3 Å². The summed E-state index contributed by atoms with van der Waals surface area (Å²) in [6.07, 6.45) is 8.92. The first-order valence-corrected chi connectivity index (χ1v) is 8.73. The van der Waals surface area contributed by atoms with Crippen molar-refractivity contribution in [1.29, 1.82) is 0 Å². The van der Waals surface area contributed by atoms with Gasteiger partial charge in [0.2, 0.25) is 5.91 Å². The summed E-state index contributed by atoms with van der Waals surface area (Å²) >= 11 is 0. The molecule has 0 bridgehead atoms. The second-order valence-electron chi connectivity index (χ2n) is 6.26. The van der Waals surface area contributed by atoms with E-state index in [1.807, 2.05) is 18.2 Å². The van der Waals surface area contributed by atoms with Crippen LogP contribution in [0.5, 0.6) is 0 Å². The van der Waals surface area contributed by atoms with Crippen LogP contribution in [-0.2, 0) is 16.0 Å². The number of benzene rings is 1. The van der Waals surface area contributed by atoms with Gasteiger partial charge < -0.3 is 10.1 Å². The maximum atomic E-state index is 11.8. The molecule has 1 aromatic rings. The zero-order chi connectivity index (χ0) is 15.5. The highest BCUT2D eigenvalue weighted by molar-refractivity contribution is 5.75. The Bertz CT molecular complexity index is 413. The van der Waals surface area contributed by atoms with Crippen LogP contribution in [0.3, 0.4) is 0 Å². The van der Waals surface area contributed by atoms with E-state index in [1.54, 1.807) is 0 Å². The smallest absolute Gasteiger partial charge is 0.220 e. The van der Waals surface area contributed by atoms with Gasteiger partial charge in [-0.3, -0.25) is 4.79 Å². The quantitative estimate of drug-likeness (QED) is 0.706. The van der Waals surface area contributed by atoms with E-state index < -0.39 is 0 Å². The maximum Gasteiger partial charge on any atom is 0.220 e. The van der Waals surface area contributed by atoms with Gasteiger partial charge in [0.05, 0.1) is 6.61 Å². The average molecular weight is 303 g/mol. The fourth-order valence-electron chi connectivity index (χ4n) is 3.01. The molecule has 0 spiro atoms. The molecule has 0 radical (unpaired) electrons. The monoisotopic (exact) mass is 303 g/mol. The molecule has 0 aliphatic heterocycles. The van der Waals surface area contributed by atoms with E-state index in [-0.39, 0.29) is 5.91 Å². The summed E-state index contributed by atoms with van der Waals surface area (Å²) in [6, 6.07) is 10.3. The molecule has 1 aromatic carbocycles. The van der Waals surface area contributed by atoms with E-state index in [0.717, 1.165) is 26.0 Å². The SMILES string of the molecule is O=C(CCCOCCc1ccccc1)NCC1CCCCC1. The van der Waals surface area contributed by atoms with Crippen molar-refractivity contribution in [2.75, 3.05) is 19.8 Å². The number of hydrogen-bond acceptors (Lipinski definition) is 2. The Morgan fingerprint density at radius 2 is 1.86 bits per heavy atom. The highest BCUT2D eigenvalue weighted by atomic mass is 16.5. The standard InChI is InChI=1S/C19H29NO2/c21-19(20-16-18-10-5-2-6-11-18)12-7-14-22-15-13-17-8-3-1-4-9-17/h1,3-4,8-9,18H,2,5-7,10-16H2,(H,20,21). The number of amides is 1. The van der Waals surface area contributed by atoms with E-state index in [2.05, 4.69) is 17.4 Å². The van der Waals surface area contributed by atoms with Crippen molar-refractivity contribution in [3.05, 3.63) is 35.9 Å². The van der Waals surface area contributed by atoms with Crippen molar-refractivity contribution >= 4 is 5.91 Å². The van der Waals surface area contributed by atoms with Gasteiger partial charge in [0.25, 0.3) is 0 Å². The van der Waals surface area contributed by atoms with Crippen molar-refractivity contribution in [3.8, 4) is 0 Å². The second kappa shape index (κ2) is 10.4. The first-order chi connectivity index (χ1) is 10.8. The van der Waals surface area contributed by atoms with Gasteiger partial charge in [-0.15, -0.1) is 0 Å². The lowest BCUT2D eigenvalue weighted by Crippen LogP contribution is -2.30. The van der Waals surface area contributed by atoms with Gasteiger partial charge >= 0.3 is 0 Å². The molecule has 0 unspecified atom stereocenters. The highest BCUT2D eigenvalue weighted by Crippen LogP contribution is 2.22. The lowest BCUT2D eigenvalue weighted by molar-refractivity contribution is -0.121. The molecule has 2 rings (SSSR count). The third kappa shape index (κ3) is 7.08. The van der Waals surface area contributed by atoms with Crippen molar-refractivity contribution in [1.82, 2.24) is 5.32 Å². The van der Waals surface area contributed by atoms with Crippen molar-refractivity contribution in [2.45, 2.75) is 51.4 Å². The van der Waals surface area contributed by atoms with Crippen LogP contribution in [0.4, 0.5) is 0 Å². The summed E-state index contributed by atoms with van der Waals surface area (Å²) < 4.78 is 5.60. The van der Waals surface area contributed by atoms with E-state index in [0.29, 0.717) is 18.9 Å². The van der Waals surface area contributed by atoms with Gasteiger partial charge in [0, 0.05) is 19.6 Å². The Labute approximate surface area is 134 Å². The summed E-state index contributed by atoms with van der Waals surface area (Å²) in [5.74, 6) is 0.886. The number of ether oxygens (including phenoxy) is 1. The third-order valence-corrected chi connectivity index (χ3v) is 4.38. The van der Waals surface area contributed by atoms with Crippen LogP contribution in [0.1, 0.15) is 50.5 Å². The fraction of sp³-hybridized carbons (Fsp3) is 0.632. The van der Waals surface area contributed by atoms with E-state index in [9.17, 15) is 4.79 Å². The minimum atomic E-state index is 0.178. The number of carbonyl (C=O) groups is 1. The van der Waals surface area contributed by atoms with Gasteiger partial charge in [-0.05, 0) is 37.2 Å². The minimum absolute atomic E-state index is 0.178. The van der Waals surface area contributed by atoms with E-state index in [4.69, 9.17) is 4.74 Å². The summed E-state index contributed by atoms with van der Waals surface area (Å²) in [7, 11) is 0. The number of nitrogens with one attached hydrogen (secondary N) is 1. The van der Waals surface area contributed by atoms with Gasteiger partial charge in [0.1, 0.15) is 0 Å². The summed E-state index contributed by atoms with van der Waals surface area (Å²) in [5.41, 5.74) is 1.30. The molecular formula is C19H29NO2. The Morgan fingerprint density at radius 3 is 2.64 bits per heavy atom. The lowest BCUT2D eigenvalue weighted by Gasteiger charge is -2.21. The van der Waals surface area contributed by atoms with Crippen LogP contribution in [0.15, 0.2) is 30.3 Å². The summed E-state index contributed by atoms with van der Waals surface area (Å²) in [4.78, 5) is 11.8. The zero-order valence-corrected chi connectivity index (χ0v) is 13.6. The Kier molecular flexibility index (Phi) is 8.03. The summed E-state index contributed by atoms with van der Waals surface area (Å²) in [6.45, 7) is 2.27. The molecule has 22 heavy (non-hydrogen) atoms. The second-order valence-corrected chi connectivity index (χ2v) is 6.26. The average Bonchev–Trinajstić information content (AvgIpc) is 2.58. The maximum absolute atomic E-state index is 11.8. The third-order valence-electron chi connectivity index (χ3n) is 4.38. The van der Waals surface area contributed by atoms with Crippen LogP contribution in [0.25, 0.3) is 0 Å². The first-order valence-electron chi connectivity index (χ1n) is 8.73. The molecule has 0 atom stereocenters. The van der Waals surface area contributed by atoms with Gasteiger partial charge in [-0.2, -0.15) is 0 Å². The van der Waals surface area contributed by atoms with Gasteiger partial charge in [-0.1, -0.05) is 49.6 Å².